The Hall–Kier alpha value is -2.61. The fourth-order valence-corrected chi connectivity index (χ4v) is 3.71. The van der Waals surface area contributed by atoms with E-state index >= 15 is 0 Å². The topological polar surface area (TPSA) is 90.5 Å². The number of anilines is 3. The molecular weight excluding hydrogens is 439 g/mol. The maximum Gasteiger partial charge on any atom is 0.238 e. The predicted octanol–water partition coefficient (Wildman–Crippen LogP) is 4.24. The first-order valence-corrected chi connectivity index (χ1v) is 10.7. The third-order valence-electron chi connectivity index (χ3n) is 5.00. The Morgan fingerprint density at radius 1 is 0.871 bits per heavy atom. The van der Waals surface area contributed by atoms with Crippen molar-refractivity contribution in [3.63, 3.8) is 0 Å². The van der Waals surface area contributed by atoms with E-state index < -0.39 is 0 Å². The highest BCUT2D eigenvalue weighted by Gasteiger charge is 2.26. The highest BCUT2D eigenvalue weighted by Crippen LogP contribution is 2.25. The molecule has 0 atom stereocenters. The van der Waals surface area contributed by atoms with Crippen LogP contribution in [0, 0.1) is 5.92 Å². The molecule has 9 heteroatoms. The molecule has 0 saturated carbocycles. The van der Waals surface area contributed by atoms with Gasteiger partial charge in [0.25, 0.3) is 0 Å². The molecule has 1 heterocycles. The van der Waals surface area contributed by atoms with Crippen LogP contribution >= 0.6 is 23.2 Å². The van der Waals surface area contributed by atoms with Gasteiger partial charge in [-0.3, -0.25) is 19.3 Å². The van der Waals surface area contributed by atoms with E-state index in [4.69, 9.17) is 23.2 Å². The van der Waals surface area contributed by atoms with Gasteiger partial charge in [0.2, 0.25) is 17.7 Å². The van der Waals surface area contributed by atoms with Crippen molar-refractivity contribution in [1.82, 2.24) is 4.90 Å². The lowest BCUT2D eigenvalue weighted by molar-refractivity contribution is -0.121. The van der Waals surface area contributed by atoms with E-state index in [0.717, 1.165) is 0 Å². The average molecular weight is 463 g/mol. The van der Waals surface area contributed by atoms with Crippen molar-refractivity contribution < 1.29 is 14.4 Å². The predicted molar refractivity (Wildman–Crippen MR) is 124 cm³/mol. The molecule has 2 aromatic rings. The van der Waals surface area contributed by atoms with Gasteiger partial charge in [0, 0.05) is 29.9 Å². The fraction of sp³-hybridized carbons (Fsp3) is 0.318. The first-order valence-electron chi connectivity index (χ1n) is 9.96. The highest BCUT2D eigenvalue weighted by molar-refractivity contribution is 6.42. The molecule has 7 nitrogen and oxygen atoms in total. The van der Waals surface area contributed by atoms with Crippen molar-refractivity contribution in [2.45, 2.75) is 19.8 Å². The lowest BCUT2D eigenvalue weighted by atomic mass is 9.96. The summed E-state index contributed by atoms with van der Waals surface area (Å²) in [6.45, 7) is 3.01. The van der Waals surface area contributed by atoms with Gasteiger partial charge < -0.3 is 16.0 Å². The molecule has 3 amide bonds. The van der Waals surface area contributed by atoms with Gasteiger partial charge >= 0.3 is 0 Å². The summed E-state index contributed by atoms with van der Waals surface area (Å²) in [5, 5.41) is 9.23. The minimum absolute atomic E-state index is 0.0350. The number of nitrogens with zero attached hydrogens (tertiary/aromatic N) is 1. The van der Waals surface area contributed by atoms with Gasteiger partial charge in [-0.15, -0.1) is 0 Å². The number of rotatable bonds is 6. The first-order chi connectivity index (χ1) is 14.8. The van der Waals surface area contributed by atoms with Crippen molar-refractivity contribution >= 4 is 58.0 Å². The molecule has 1 fully saturated rings. The van der Waals surface area contributed by atoms with E-state index in [9.17, 15) is 14.4 Å². The van der Waals surface area contributed by atoms with Crippen LogP contribution in [-0.4, -0.2) is 42.3 Å². The molecule has 3 rings (SSSR count). The van der Waals surface area contributed by atoms with Crippen molar-refractivity contribution in [1.29, 1.82) is 0 Å². The Kier molecular flexibility index (Phi) is 7.90. The van der Waals surface area contributed by atoms with E-state index in [1.54, 1.807) is 42.5 Å². The normalized spacial score (nSPS) is 14.7. The SMILES string of the molecule is CC(=O)Nc1ccc(NC(=O)C2CCN(CC(=O)Nc3ccc(Cl)c(Cl)c3)CC2)cc1. The largest absolute Gasteiger partial charge is 0.326 e. The Labute approximate surface area is 191 Å². The van der Waals surface area contributed by atoms with E-state index in [-0.39, 0.29) is 30.2 Å². The fourth-order valence-electron chi connectivity index (χ4n) is 3.42. The Bertz CT molecular complexity index is 958. The van der Waals surface area contributed by atoms with Crippen LogP contribution in [0.3, 0.4) is 0 Å². The Balaban J connectivity index is 1.43. The number of likely N-dealkylation sites (tertiary alicyclic amines) is 1. The number of halogens is 2. The van der Waals surface area contributed by atoms with Gasteiger partial charge in [-0.25, -0.2) is 0 Å². The van der Waals surface area contributed by atoms with E-state index in [0.29, 0.717) is 53.0 Å². The first kappa shape index (κ1) is 23.1. The summed E-state index contributed by atoms with van der Waals surface area (Å²) in [4.78, 5) is 38.0. The van der Waals surface area contributed by atoms with Gasteiger partial charge in [0.15, 0.2) is 0 Å². The zero-order valence-corrected chi connectivity index (χ0v) is 18.6. The number of nitrogens with one attached hydrogen (secondary N) is 3. The van der Waals surface area contributed by atoms with Crippen LogP contribution in [0.5, 0.6) is 0 Å². The number of carbonyl (C=O) groups is 3. The van der Waals surface area contributed by atoms with Crippen LogP contribution in [-0.2, 0) is 14.4 Å². The summed E-state index contributed by atoms with van der Waals surface area (Å²) in [6.07, 6.45) is 1.35. The maximum atomic E-state index is 12.6. The van der Waals surface area contributed by atoms with Gasteiger partial charge in [-0.1, -0.05) is 23.2 Å². The molecule has 164 valence electrons. The summed E-state index contributed by atoms with van der Waals surface area (Å²) in [5.74, 6) is -0.425. The van der Waals surface area contributed by atoms with E-state index in [1.807, 2.05) is 4.90 Å². The molecule has 0 spiro atoms. The summed E-state index contributed by atoms with van der Waals surface area (Å²) in [6, 6.07) is 11.9. The van der Waals surface area contributed by atoms with Crippen molar-refractivity contribution in [2.24, 2.45) is 5.92 Å². The molecule has 1 aliphatic heterocycles. The third-order valence-corrected chi connectivity index (χ3v) is 5.74. The lowest BCUT2D eigenvalue weighted by Crippen LogP contribution is -2.41. The van der Waals surface area contributed by atoms with E-state index in [1.165, 1.54) is 6.92 Å². The third kappa shape index (κ3) is 6.95. The maximum absolute atomic E-state index is 12.6. The molecule has 0 aromatic heterocycles. The second kappa shape index (κ2) is 10.6. The smallest absolute Gasteiger partial charge is 0.238 e. The van der Waals surface area contributed by atoms with Crippen LogP contribution < -0.4 is 16.0 Å². The number of carbonyl (C=O) groups excluding carboxylic acids is 3. The van der Waals surface area contributed by atoms with Crippen LogP contribution in [0.1, 0.15) is 19.8 Å². The number of piperidine rings is 1. The van der Waals surface area contributed by atoms with Crippen LogP contribution in [0.2, 0.25) is 10.0 Å². The molecule has 1 saturated heterocycles. The number of hydrogen-bond donors (Lipinski definition) is 3. The second-order valence-corrected chi connectivity index (χ2v) is 8.29. The zero-order valence-electron chi connectivity index (χ0n) is 17.1. The van der Waals surface area contributed by atoms with E-state index in [2.05, 4.69) is 16.0 Å². The molecule has 31 heavy (non-hydrogen) atoms. The average Bonchev–Trinajstić information content (AvgIpc) is 2.72. The molecule has 0 radical (unpaired) electrons. The number of amides is 3. The van der Waals surface area contributed by atoms with Crippen LogP contribution in [0.25, 0.3) is 0 Å². The van der Waals surface area contributed by atoms with Gasteiger partial charge in [-0.2, -0.15) is 0 Å². The Morgan fingerprint density at radius 2 is 1.45 bits per heavy atom. The summed E-state index contributed by atoms with van der Waals surface area (Å²) >= 11 is 11.9. The summed E-state index contributed by atoms with van der Waals surface area (Å²) < 4.78 is 0. The minimum Gasteiger partial charge on any atom is -0.326 e. The van der Waals surface area contributed by atoms with Crippen molar-refractivity contribution in [3.05, 3.63) is 52.5 Å². The highest BCUT2D eigenvalue weighted by atomic mass is 35.5. The van der Waals surface area contributed by atoms with Gasteiger partial charge in [0.1, 0.15) is 0 Å². The standard InChI is InChI=1S/C22H24Cl2N4O3/c1-14(29)25-16-2-4-17(5-3-16)27-22(31)15-8-10-28(11-9-15)13-21(30)26-18-6-7-19(23)20(24)12-18/h2-7,12,15H,8-11,13H2,1H3,(H,25,29)(H,26,30)(H,27,31). The summed E-state index contributed by atoms with van der Waals surface area (Å²) in [7, 11) is 0. The molecule has 0 unspecified atom stereocenters. The minimum atomic E-state index is -0.144. The quantitative estimate of drug-likeness (QED) is 0.598. The second-order valence-electron chi connectivity index (χ2n) is 7.48. The lowest BCUT2D eigenvalue weighted by Gasteiger charge is -2.30. The van der Waals surface area contributed by atoms with Crippen molar-refractivity contribution in [3.8, 4) is 0 Å². The van der Waals surface area contributed by atoms with Crippen molar-refractivity contribution in [2.75, 3.05) is 35.6 Å². The molecule has 2 aromatic carbocycles. The molecule has 0 bridgehead atoms. The number of benzene rings is 2. The van der Waals surface area contributed by atoms with Gasteiger partial charge in [-0.05, 0) is 68.4 Å². The van der Waals surface area contributed by atoms with Crippen LogP contribution in [0.4, 0.5) is 17.1 Å². The summed E-state index contributed by atoms with van der Waals surface area (Å²) in [5.41, 5.74) is 1.96. The molecule has 3 N–H and O–H groups in total. The molecule has 1 aliphatic rings. The zero-order chi connectivity index (χ0) is 22.4. The molecule has 0 aliphatic carbocycles. The molecular formula is C22H24Cl2N4O3. The monoisotopic (exact) mass is 462 g/mol. The number of hydrogen-bond acceptors (Lipinski definition) is 4. The Morgan fingerprint density at radius 3 is 2.03 bits per heavy atom. The van der Waals surface area contributed by atoms with Crippen LogP contribution in [0.15, 0.2) is 42.5 Å². The van der Waals surface area contributed by atoms with Gasteiger partial charge in [0.05, 0.1) is 16.6 Å².